The summed E-state index contributed by atoms with van der Waals surface area (Å²) in [5.74, 6) is -0.515. The van der Waals surface area contributed by atoms with Crippen molar-refractivity contribution in [1.29, 1.82) is 0 Å². The smallest absolute Gasteiger partial charge is 0.257 e. The van der Waals surface area contributed by atoms with Crippen LogP contribution >= 0.6 is 0 Å². The lowest BCUT2D eigenvalue weighted by Gasteiger charge is -2.15. The van der Waals surface area contributed by atoms with Crippen LogP contribution in [0.5, 0.6) is 0 Å². The van der Waals surface area contributed by atoms with Crippen LogP contribution in [0.3, 0.4) is 0 Å². The van der Waals surface area contributed by atoms with Crippen LogP contribution in [0.1, 0.15) is 36.0 Å². The molecule has 1 aliphatic carbocycles. The Morgan fingerprint density at radius 2 is 1.90 bits per heavy atom. The molecule has 2 rings (SSSR count). The van der Waals surface area contributed by atoms with Crippen LogP contribution < -0.4 is 16.2 Å². The molecule has 0 aliphatic heterocycles. The minimum Gasteiger partial charge on any atom is -0.343 e. The predicted octanol–water partition coefficient (Wildman–Crippen LogP) is 1.50. The van der Waals surface area contributed by atoms with Gasteiger partial charge in [0, 0.05) is 11.3 Å². The Balaban J connectivity index is 1.70. The largest absolute Gasteiger partial charge is 0.343 e. The zero-order chi connectivity index (χ0) is 14.2. The Morgan fingerprint density at radius 1 is 1.10 bits per heavy atom. The van der Waals surface area contributed by atoms with E-state index in [1.54, 1.807) is 24.3 Å². The fourth-order valence-electron chi connectivity index (χ4n) is 2.00. The summed E-state index contributed by atoms with van der Waals surface area (Å²) < 4.78 is 0. The summed E-state index contributed by atoms with van der Waals surface area (Å²) in [6, 6.07) is 8.82. The first-order valence-corrected chi connectivity index (χ1v) is 6.83. The second kappa shape index (κ2) is 7.33. The van der Waals surface area contributed by atoms with Crippen molar-refractivity contribution >= 4 is 11.8 Å². The highest BCUT2D eigenvalue weighted by Gasteiger charge is 2.08. The van der Waals surface area contributed by atoms with Gasteiger partial charge in [-0.15, -0.1) is 0 Å². The summed E-state index contributed by atoms with van der Waals surface area (Å²) in [6.07, 6.45) is 6.43. The first-order valence-electron chi connectivity index (χ1n) is 6.83. The van der Waals surface area contributed by atoms with Crippen LogP contribution in [-0.2, 0) is 4.79 Å². The molecule has 1 aromatic carbocycles. The van der Waals surface area contributed by atoms with Crippen molar-refractivity contribution in [2.24, 2.45) is 0 Å². The second-order valence-corrected chi connectivity index (χ2v) is 4.70. The highest BCUT2D eigenvalue weighted by Crippen LogP contribution is 2.13. The molecule has 0 fully saturated rings. The van der Waals surface area contributed by atoms with Crippen molar-refractivity contribution in [2.45, 2.75) is 25.7 Å². The molecule has 20 heavy (non-hydrogen) atoms. The monoisotopic (exact) mass is 273 g/mol. The second-order valence-electron chi connectivity index (χ2n) is 4.70. The Bertz CT molecular complexity index is 497. The number of allylic oxidation sites excluding steroid dienone is 2. The van der Waals surface area contributed by atoms with Crippen LogP contribution in [0.4, 0.5) is 0 Å². The maximum atomic E-state index is 11.7. The van der Waals surface area contributed by atoms with E-state index in [2.05, 4.69) is 22.2 Å². The van der Waals surface area contributed by atoms with Gasteiger partial charge in [-0.1, -0.05) is 24.3 Å². The third-order valence-corrected chi connectivity index (χ3v) is 3.10. The first-order chi connectivity index (χ1) is 9.75. The van der Waals surface area contributed by atoms with E-state index in [9.17, 15) is 9.59 Å². The number of hydrazine groups is 1. The Hall–Kier alpha value is -2.30. The number of amides is 2. The molecule has 0 unspecified atom stereocenters. The number of rotatable bonds is 5. The molecule has 5 heteroatoms. The molecule has 0 bridgehead atoms. The number of hydrogen-bond acceptors (Lipinski definition) is 3. The summed E-state index contributed by atoms with van der Waals surface area (Å²) >= 11 is 0. The van der Waals surface area contributed by atoms with Crippen molar-refractivity contribution in [2.75, 3.05) is 6.54 Å². The van der Waals surface area contributed by atoms with Crippen LogP contribution in [0, 0.1) is 0 Å². The Labute approximate surface area is 118 Å². The Kier molecular flexibility index (Phi) is 5.17. The van der Waals surface area contributed by atoms with Gasteiger partial charge in [0.15, 0.2) is 0 Å². The number of carbonyl (C=O) groups is 2. The lowest BCUT2D eigenvalue weighted by atomic mass is 10.1. The quantitative estimate of drug-likeness (QED) is 0.712. The molecule has 0 radical (unpaired) electrons. The molecule has 0 aromatic heterocycles. The van der Waals surface area contributed by atoms with Gasteiger partial charge in [-0.25, -0.2) is 0 Å². The van der Waals surface area contributed by atoms with Gasteiger partial charge in [0.25, 0.3) is 11.8 Å². The molecule has 1 aliphatic rings. The Morgan fingerprint density at radius 3 is 2.60 bits per heavy atom. The highest BCUT2D eigenvalue weighted by molar-refractivity contribution is 5.96. The number of hydrogen-bond donors (Lipinski definition) is 3. The summed E-state index contributed by atoms with van der Waals surface area (Å²) in [7, 11) is 0. The molecule has 0 heterocycles. The van der Waals surface area contributed by atoms with Gasteiger partial charge in [0.2, 0.25) is 0 Å². The summed E-state index contributed by atoms with van der Waals surface area (Å²) in [6.45, 7) is -0.0476. The summed E-state index contributed by atoms with van der Waals surface area (Å²) in [5, 5.41) is 2.58. The van der Waals surface area contributed by atoms with Gasteiger partial charge in [-0.2, -0.15) is 0 Å². The van der Waals surface area contributed by atoms with Crippen molar-refractivity contribution in [3.8, 4) is 0 Å². The maximum Gasteiger partial charge on any atom is 0.257 e. The normalized spacial score (nSPS) is 14.1. The zero-order valence-corrected chi connectivity index (χ0v) is 11.3. The van der Waals surface area contributed by atoms with E-state index in [1.807, 2.05) is 6.07 Å². The van der Waals surface area contributed by atoms with Crippen LogP contribution in [0.25, 0.3) is 0 Å². The molecule has 0 saturated heterocycles. The molecular weight excluding hydrogens is 254 g/mol. The van der Waals surface area contributed by atoms with E-state index in [-0.39, 0.29) is 18.4 Å². The van der Waals surface area contributed by atoms with Gasteiger partial charge in [-0.3, -0.25) is 15.0 Å². The maximum absolute atomic E-state index is 11.7. The summed E-state index contributed by atoms with van der Waals surface area (Å²) in [4.78, 5) is 23.3. The van der Waals surface area contributed by atoms with Crippen molar-refractivity contribution in [3.05, 3.63) is 47.7 Å². The molecular formula is C15H19N3O2. The number of carbonyl (C=O) groups excluding carboxylic acids is 2. The van der Waals surface area contributed by atoms with Gasteiger partial charge < -0.3 is 10.7 Å². The van der Waals surface area contributed by atoms with E-state index in [0.717, 1.165) is 25.0 Å². The van der Waals surface area contributed by atoms with Gasteiger partial charge >= 0.3 is 0 Å². The third kappa shape index (κ3) is 4.42. The fourth-order valence-corrected chi connectivity index (χ4v) is 2.00. The van der Waals surface area contributed by atoms with E-state index in [4.69, 9.17) is 0 Å². The average Bonchev–Trinajstić information content (AvgIpc) is 2.52. The molecule has 5 nitrogen and oxygen atoms in total. The lowest BCUT2D eigenvalue weighted by molar-refractivity contribution is -0.120. The van der Waals surface area contributed by atoms with Gasteiger partial charge in [0.1, 0.15) is 0 Å². The van der Waals surface area contributed by atoms with E-state index in [0.29, 0.717) is 5.56 Å². The van der Waals surface area contributed by atoms with Crippen molar-refractivity contribution in [1.82, 2.24) is 16.2 Å². The molecule has 106 valence electrons. The lowest BCUT2D eigenvalue weighted by Crippen LogP contribution is -2.43. The SMILES string of the molecule is O=C(CNC(=O)c1ccccc1)NNC1=CCCCC1. The molecule has 0 atom stereocenters. The van der Waals surface area contributed by atoms with Gasteiger partial charge in [-0.05, 0) is 37.8 Å². The summed E-state index contributed by atoms with van der Waals surface area (Å²) in [5.41, 5.74) is 7.07. The average molecular weight is 273 g/mol. The number of nitrogens with one attached hydrogen (secondary N) is 3. The highest BCUT2D eigenvalue weighted by atomic mass is 16.2. The molecule has 0 spiro atoms. The molecule has 0 saturated carbocycles. The van der Waals surface area contributed by atoms with Crippen molar-refractivity contribution < 1.29 is 9.59 Å². The van der Waals surface area contributed by atoms with Crippen LogP contribution in [-0.4, -0.2) is 18.4 Å². The minimum absolute atomic E-state index is 0.0476. The standard InChI is InChI=1S/C15H19N3O2/c19-14(18-17-13-9-5-2-6-10-13)11-16-15(20)12-7-3-1-4-8-12/h1,3-4,7-9,17H,2,5-6,10-11H2,(H,16,20)(H,18,19). The molecule has 1 aromatic rings. The van der Waals surface area contributed by atoms with Crippen LogP contribution in [0.15, 0.2) is 42.1 Å². The van der Waals surface area contributed by atoms with Gasteiger partial charge in [0.05, 0.1) is 6.54 Å². The van der Waals surface area contributed by atoms with E-state index < -0.39 is 0 Å². The third-order valence-electron chi connectivity index (χ3n) is 3.10. The first kappa shape index (κ1) is 14.1. The number of benzene rings is 1. The van der Waals surface area contributed by atoms with Crippen LogP contribution in [0.2, 0.25) is 0 Å². The van der Waals surface area contributed by atoms with E-state index in [1.165, 1.54) is 6.42 Å². The molecule has 3 N–H and O–H groups in total. The predicted molar refractivity (Wildman–Crippen MR) is 76.6 cm³/mol. The van der Waals surface area contributed by atoms with Crippen molar-refractivity contribution in [3.63, 3.8) is 0 Å². The zero-order valence-electron chi connectivity index (χ0n) is 11.3. The molecule has 2 amide bonds. The minimum atomic E-state index is -0.263. The fraction of sp³-hybridized carbons (Fsp3) is 0.333. The topological polar surface area (TPSA) is 70.2 Å². The van der Waals surface area contributed by atoms with E-state index >= 15 is 0 Å².